The Labute approximate surface area is 424 Å². The van der Waals surface area contributed by atoms with Crippen molar-refractivity contribution in [1.29, 1.82) is 0 Å². The van der Waals surface area contributed by atoms with Crippen LogP contribution in [0.15, 0.2) is 18.2 Å². The first-order valence-corrected chi connectivity index (χ1v) is 45.5. The first kappa shape index (κ1) is 62.1. The van der Waals surface area contributed by atoms with Crippen LogP contribution < -0.4 is 89.1 Å². The molecule has 0 unspecified atom stereocenters. The number of hydrogen-bond donors (Lipinski definition) is 0. The van der Waals surface area contributed by atoms with E-state index in [0.717, 1.165) is 0 Å². The van der Waals surface area contributed by atoms with E-state index in [1.54, 1.807) is 96.4 Å². The van der Waals surface area contributed by atoms with Gasteiger partial charge in [0.1, 0.15) is 8.07 Å². The molecule has 0 N–H and O–H groups in total. The molecule has 0 saturated carbocycles. The van der Waals surface area contributed by atoms with Crippen LogP contribution in [-0.2, 0) is 21.7 Å². The van der Waals surface area contributed by atoms with Gasteiger partial charge in [-0.3, -0.25) is 0 Å². The van der Waals surface area contributed by atoms with Crippen LogP contribution in [0.4, 0.5) is 0 Å². The summed E-state index contributed by atoms with van der Waals surface area (Å²) in [7, 11) is -13.7. The Morgan fingerprint density at radius 2 is 0.484 bits per heavy atom. The predicted octanol–water partition coefficient (Wildman–Crippen LogP) is 0.148. The standard InChI is InChI=1S/C51H87Si7.3ClH.Ti/c1-32-29-42(52(11,12)13)49(55(20,21)22)39(8)45(32)58(48-37(6)35(4)36(5)38(48)7,46-33(2)30-43(53(14,15)16)50(40(46)9)56(23,24)25)47-34(3)31-44(54(17,18)19)51(41(47)10)57(26,27)28;;;;/h29-31H,1-28H3;3*1H;/q-1;;;;+4/p-3. The van der Waals surface area contributed by atoms with Gasteiger partial charge in [-0.25, -0.2) is 0 Å². The fraction of sp³-hybridized carbons (Fsp3) is 0.549. The Morgan fingerprint density at radius 1 is 0.290 bits per heavy atom. The maximum absolute atomic E-state index is 3.13. The maximum atomic E-state index is 2.78. The van der Waals surface area contributed by atoms with Crippen LogP contribution in [0.2, 0.25) is 118 Å². The summed E-state index contributed by atoms with van der Waals surface area (Å²) in [5.41, 5.74) is 15.7. The minimum absolute atomic E-state index is 0. The average molecular weight is 1050 g/mol. The second-order valence-corrected chi connectivity index (χ2v) is 58.6. The zero-order valence-electron chi connectivity index (χ0n) is 44.9. The van der Waals surface area contributed by atoms with Gasteiger partial charge in [0.05, 0.1) is 48.4 Å². The van der Waals surface area contributed by atoms with E-state index < -0.39 is 56.5 Å². The van der Waals surface area contributed by atoms with Gasteiger partial charge in [-0.1, -0.05) is 244 Å². The van der Waals surface area contributed by atoms with Gasteiger partial charge in [-0.05, 0) is 41.5 Å². The van der Waals surface area contributed by atoms with Gasteiger partial charge in [0.25, 0.3) is 0 Å². The Balaban J connectivity index is 0.00000930. The molecule has 0 aliphatic heterocycles. The molecular formula is C51H87Cl3Si7Ti. The van der Waals surface area contributed by atoms with E-state index in [1.807, 2.05) is 0 Å². The summed E-state index contributed by atoms with van der Waals surface area (Å²) in [6.45, 7) is 72.6. The Bertz CT molecular complexity index is 2060. The van der Waals surface area contributed by atoms with Crippen LogP contribution in [0, 0.1) is 69.2 Å². The summed E-state index contributed by atoms with van der Waals surface area (Å²) in [4.78, 5) is 0. The van der Waals surface area contributed by atoms with Crippen LogP contribution in [0.1, 0.15) is 55.6 Å². The van der Waals surface area contributed by atoms with Gasteiger partial charge >= 0.3 is 21.7 Å². The Hall–Kier alpha value is 0.112. The maximum Gasteiger partial charge on any atom is 4.00 e. The van der Waals surface area contributed by atoms with Crippen molar-refractivity contribution in [3.05, 3.63) is 73.8 Å². The molecule has 0 heterocycles. The molecule has 11 heteroatoms. The third-order valence-electron chi connectivity index (χ3n) is 13.9. The zero-order chi connectivity index (χ0) is 45.2. The Kier molecular flexibility index (Phi) is 20.0. The van der Waals surface area contributed by atoms with Crippen LogP contribution in [-0.4, -0.2) is 56.5 Å². The normalized spacial score (nSPS) is 13.0. The van der Waals surface area contributed by atoms with Crippen molar-refractivity contribution < 1.29 is 58.9 Å². The molecule has 0 atom stereocenters. The summed E-state index contributed by atoms with van der Waals surface area (Å²) in [5, 5.41) is 17.3. The van der Waals surface area contributed by atoms with Crippen molar-refractivity contribution in [1.82, 2.24) is 0 Å². The molecule has 344 valence electrons. The summed E-state index contributed by atoms with van der Waals surface area (Å²) in [5.74, 6) is 0. The molecule has 0 aromatic heterocycles. The number of hydrogen-bond acceptors (Lipinski definition) is 0. The fourth-order valence-corrected chi connectivity index (χ4v) is 37.2. The van der Waals surface area contributed by atoms with E-state index in [0.29, 0.717) is 0 Å². The minimum atomic E-state index is -3.13. The number of halogens is 3. The van der Waals surface area contributed by atoms with Gasteiger partial charge in [0.2, 0.25) is 0 Å². The number of aryl methyl sites for hydroxylation is 3. The molecular weight excluding hydrogens is 963 g/mol. The topological polar surface area (TPSA) is 0 Å². The third kappa shape index (κ3) is 10.7. The molecule has 0 aliphatic rings. The summed E-state index contributed by atoms with van der Waals surface area (Å²) in [6, 6.07) is 8.33. The van der Waals surface area contributed by atoms with Gasteiger partial charge in [-0.2, -0.15) is 22.3 Å². The number of rotatable bonds is 10. The molecule has 0 spiro atoms. The molecule has 0 saturated heterocycles. The van der Waals surface area contributed by atoms with Crippen molar-refractivity contribution in [2.45, 2.75) is 187 Å². The molecule has 0 bridgehead atoms. The monoisotopic (exact) mass is 1050 g/mol. The van der Waals surface area contributed by atoms with Crippen molar-refractivity contribution in [2.75, 3.05) is 0 Å². The van der Waals surface area contributed by atoms with E-state index in [9.17, 15) is 0 Å². The summed E-state index contributed by atoms with van der Waals surface area (Å²) in [6.07, 6.45) is 0. The molecule has 0 nitrogen and oxygen atoms in total. The number of benzene rings is 3. The van der Waals surface area contributed by atoms with Crippen LogP contribution >= 0.6 is 0 Å². The van der Waals surface area contributed by atoms with Crippen LogP contribution in [0.3, 0.4) is 0 Å². The molecule has 4 aromatic rings. The van der Waals surface area contributed by atoms with Crippen LogP contribution in [0.5, 0.6) is 0 Å². The molecule has 0 fully saturated rings. The third-order valence-corrected chi connectivity index (χ3v) is 33.2. The SMILES string of the molecule is Cc1cc([Si](C)(C)C)c([Si](C)(C)C)c(C)c1[Si](c1c(C)cc([Si](C)(C)C)c([Si](C)(C)C)c1C)(c1c(C)cc([Si](C)(C)C)c([Si](C)(C)C)c1C)[c-]1c(C)c(C)c(C)c1C.[Cl-].[Cl-].[Cl-].[Ti+4]. The second kappa shape index (κ2) is 20.0. The fourth-order valence-electron chi connectivity index (χ4n) is 11.9. The predicted molar refractivity (Wildman–Crippen MR) is 291 cm³/mol. The van der Waals surface area contributed by atoms with E-state index in [-0.39, 0.29) is 58.9 Å². The van der Waals surface area contributed by atoms with E-state index in [2.05, 4.69) is 205 Å². The smallest absolute Gasteiger partial charge is 1.00 e. The van der Waals surface area contributed by atoms with Crippen molar-refractivity contribution in [2.24, 2.45) is 0 Å². The first-order chi connectivity index (χ1) is 25.8. The molecule has 0 radical (unpaired) electrons. The van der Waals surface area contributed by atoms with Gasteiger partial charge < -0.3 is 37.2 Å². The zero-order valence-corrected chi connectivity index (χ0v) is 55.7. The average Bonchev–Trinajstić information content (AvgIpc) is 3.18. The van der Waals surface area contributed by atoms with Crippen LogP contribution in [0.25, 0.3) is 0 Å². The molecule has 4 aromatic carbocycles. The summed E-state index contributed by atoms with van der Waals surface area (Å²) < 4.78 is 0. The molecule has 62 heavy (non-hydrogen) atoms. The second-order valence-electron chi connectivity index (χ2n) is 25.0. The molecule has 0 aliphatic carbocycles. The van der Waals surface area contributed by atoms with Crippen molar-refractivity contribution >= 4 is 108 Å². The van der Waals surface area contributed by atoms with E-state index in [1.165, 1.54) is 11.1 Å². The quantitative estimate of drug-likeness (QED) is 0.121. The molecule has 0 amide bonds. The largest absolute Gasteiger partial charge is 4.00 e. The van der Waals surface area contributed by atoms with Gasteiger partial charge in [0, 0.05) is 0 Å². The summed E-state index contributed by atoms with van der Waals surface area (Å²) >= 11 is 0. The van der Waals surface area contributed by atoms with Gasteiger partial charge in [-0.15, -0.1) is 5.19 Å². The van der Waals surface area contributed by atoms with E-state index >= 15 is 0 Å². The van der Waals surface area contributed by atoms with Gasteiger partial charge in [0.15, 0.2) is 0 Å². The Morgan fingerprint density at radius 3 is 0.645 bits per heavy atom. The first-order valence-electron chi connectivity index (χ1n) is 22.5. The van der Waals surface area contributed by atoms with E-state index in [4.69, 9.17) is 0 Å². The van der Waals surface area contributed by atoms with Crippen molar-refractivity contribution in [3.8, 4) is 0 Å². The molecule has 4 rings (SSSR count). The van der Waals surface area contributed by atoms with Crippen molar-refractivity contribution in [3.63, 3.8) is 0 Å². The minimum Gasteiger partial charge on any atom is -1.00 e.